The highest BCUT2D eigenvalue weighted by Crippen LogP contribution is 2.28. The molecule has 1 unspecified atom stereocenters. The molecule has 0 spiro atoms. The molecule has 4 rings (SSSR count). The molecule has 9 heteroatoms. The van der Waals surface area contributed by atoms with Gasteiger partial charge in [-0.25, -0.2) is 5.43 Å². The second-order valence-electron chi connectivity index (χ2n) is 9.17. The lowest BCUT2D eigenvalue weighted by Gasteiger charge is -2.20. The van der Waals surface area contributed by atoms with Crippen LogP contribution in [0.4, 0.5) is 0 Å². The summed E-state index contributed by atoms with van der Waals surface area (Å²) in [6.07, 6.45) is 1.55. The van der Waals surface area contributed by atoms with Crippen molar-refractivity contribution in [1.82, 2.24) is 10.7 Å². The summed E-state index contributed by atoms with van der Waals surface area (Å²) in [5, 5.41) is 10.1. The number of fused-ring (bicyclic) bond motifs is 1. The van der Waals surface area contributed by atoms with E-state index in [9.17, 15) is 9.59 Å². The fourth-order valence-electron chi connectivity index (χ4n) is 3.90. The number of hydrogen-bond acceptors (Lipinski definition) is 4. The van der Waals surface area contributed by atoms with E-state index in [1.54, 1.807) is 12.3 Å². The lowest BCUT2D eigenvalue weighted by Crippen LogP contribution is -2.48. The van der Waals surface area contributed by atoms with Crippen LogP contribution in [0.1, 0.15) is 35.3 Å². The summed E-state index contributed by atoms with van der Waals surface area (Å²) in [6, 6.07) is 22.8. The standard InChI is InChI=1S/C30H26Cl3N3O3/c1-18(2)28(35-29(37)21-9-13-25(32)26(33)15-21)30(38)36-34-16-24-23-6-4-3-5-20(23)10-14-27(24)39-17-19-7-11-22(31)12-8-19/h3-16,18,28H,17H2,1-2H3,(H,35,37)(H,36,38)/b34-16+. The molecular formula is C30H26Cl3N3O3. The number of halogens is 3. The Morgan fingerprint density at radius 1 is 0.923 bits per heavy atom. The zero-order valence-electron chi connectivity index (χ0n) is 21.3. The second kappa shape index (κ2) is 13.0. The van der Waals surface area contributed by atoms with Crippen LogP contribution in [0.3, 0.4) is 0 Å². The molecule has 0 radical (unpaired) electrons. The van der Waals surface area contributed by atoms with Gasteiger partial charge in [0.25, 0.3) is 11.8 Å². The molecule has 0 aromatic heterocycles. The van der Waals surface area contributed by atoms with Gasteiger partial charge in [-0.15, -0.1) is 0 Å². The van der Waals surface area contributed by atoms with Crippen molar-refractivity contribution in [2.24, 2.45) is 11.0 Å². The average molecular weight is 583 g/mol. The molecule has 4 aromatic carbocycles. The van der Waals surface area contributed by atoms with Gasteiger partial charge >= 0.3 is 0 Å². The molecular weight excluding hydrogens is 557 g/mol. The molecule has 39 heavy (non-hydrogen) atoms. The van der Waals surface area contributed by atoms with E-state index in [2.05, 4.69) is 15.8 Å². The third-order valence-corrected chi connectivity index (χ3v) is 7.02. The molecule has 4 aromatic rings. The van der Waals surface area contributed by atoms with Crippen LogP contribution in [0.15, 0.2) is 84.0 Å². The number of carbonyl (C=O) groups is 2. The quantitative estimate of drug-likeness (QED) is 0.161. The van der Waals surface area contributed by atoms with E-state index in [-0.39, 0.29) is 10.9 Å². The third kappa shape index (κ3) is 7.30. The van der Waals surface area contributed by atoms with Gasteiger partial charge < -0.3 is 10.1 Å². The van der Waals surface area contributed by atoms with Crippen LogP contribution in [-0.2, 0) is 11.4 Å². The Kier molecular flexibility index (Phi) is 9.46. The molecule has 0 aliphatic heterocycles. The first kappa shape index (κ1) is 28.4. The molecule has 0 aliphatic rings. The van der Waals surface area contributed by atoms with Crippen LogP contribution in [0.5, 0.6) is 5.75 Å². The Balaban J connectivity index is 1.51. The molecule has 0 aliphatic carbocycles. The van der Waals surface area contributed by atoms with Crippen molar-refractivity contribution in [3.05, 3.63) is 111 Å². The maximum atomic E-state index is 13.0. The number of nitrogens with zero attached hydrogens (tertiary/aromatic N) is 1. The maximum Gasteiger partial charge on any atom is 0.262 e. The number of rotatable bonds is 9. The molecule has 0 saturated heterocycles. The van der Waals surface area contributed by atoms with E-state index >= 15 is 0 Å². The van der Waals surface area contributed by atoms with Gasteiger partial charge in [0.2, 0.25) is 0 Å². The molecule has 0 fully saturated rings. The molecule has 1 atom stereocenters. The first-order chi connectivity index (χ1) is 18.7. The van der Waals surface area contributed by atoms with E-state index < -0.39 is 17.9 Å². The Labute approximate surface area is 241 Å². The van der Waals surface area contributed by atoms with Crippen molar-refractivity contribution < 1.29 is 14.3 Å². The molecule has 0 bridgehead atoms. The van der Waals surface area contributed by atoms with Gasteiger partial charge in [-0.1, -0.05) is 91.1 Å². The van der Waals surface area contributed by atoms with Gasteiger partial charge in [0.15, 0.2) is 0 Å². The minimum Gasteiger partial charge on any atom is -0.488 e. The van der Waals surface area contributed by atoms with Gasteiger partial charge in [-0.2, -0.15) is 5.10 Å². The minimum atomic E-state index is -0.836. The number of nitrogens with one attached hydrogen (secondary N) is 2. The van der Waals surface area contributed by atoms with E-state index in [0.29, 0.717) is 33.5 Å². The Hall–Kier alpha value is -3.58. The largest absolute Gasteiger partial charge is 0.488 e. The Morgan fingerprint density at radius 2 is 1.67 bits per heavy atom. The fraction of sp³-hybridized carbons (Fsp3) is 0.167. The first-order valence-corrected chi connectivity index (χ1v) is 13.3. The highest BCUT2D eigenvalue weighted by molar-refractivity contribution is 6.42. The summed E-state index contributed by atoms with van der Waals surface area (Å²) in [7, 11) is 0. The van der Waals surface area contributed by atoms with Gasteiger partial charge in [0.1, 0.15) is 18.4 Å². The summed E-state index contributed by atoms with van der Waals surface area (Å²) in [5.74, 6) is -0.505. The number of carbonyl (C=O) groups excluding carboxylic acids is 2. The van der Waals surface area contributed by atoms with Gasteiger partial charge in [0, 0.05) is 16.1 Å². The summed E-state index contributed by atoms with van der Waals surface area (Å²) in [5.41, 5.74) is 4.53. The van der Waals surface area contributed by atoms with E-state index in [4.69, 9.17) is 39.5 Å². The van der Waals surface area contributed by atoms with Crippen molar-refractivity contribution in [2.75, 3.05) is 0 Å². The second-order valence-corrected chi connectivity index (χ2v) is 10.4. The minimum absolute atomic E-state index is 0.206. The van der Waals surface area contributed by atoms with Crippen LogP contribution in [0.2, 0.25) is 15.1 Å². The van der Waals surface area contributed by atoms with Gasteiger partial charge in [-0.05, 0) is 58.7 Å². The zero-order chi connectivity index (χ0) is 27.9. The van der Waals surface area contributed by atoms with Crippen LogP contribution >= 0.6 is 34.8 Å². The highest BCUT2D eigenvalue weighted by Gasteiger charge is 2.25. The predicted octanol–water partition coefficient (Wildman–Crippen LogP) is 7.28. The van der Waals surface area contributed by atoms with Crippen molar-refractivity contribution in [3.63, 3.8) is 0 Å². The summed E-state index contributed by atoms with van der Waals surface area (Å²) >= 11 is 18.0. The van der Waals surface area contributed by atoms with Crippen molar-refractivity contribution in [3.8, 4) is 5.75 Å². The van der Waals surface area contributed by atoms with E-state index in [1.165, 1.54) is 12.1 Å². The summed E-state index contributed by atoms with van der Waals surface area (Å²) in [6.45, 7) is 3.99. The first-order valence-electron chi connectivity index (χ1n) is 12.2. The number of benzene rings is 4. The molecule has 0 heterocycles. The average Bonchev–Trinajstić information content (AvgIpc) is 2.93. The predicted molar refractivity (Wildman–Crippen MR) is 158 cm³/mol. The monoisotopic (exact) mass is 581 g/mol. The Bertz CT molecular complexity index is 1520. The maximum absolute atomic E-state index is 13.0. The van der Waals surface area contributed by atoms with Gasteiger partial charge in [0.05, 0.1) is 16.3 Å². The molecule has 2 amide bonds. The molecule has 6 nitrogen and oxygen atoms in total. The van der Waals surface area contributed by atoms with Crippen molar-refractivity contribution in [1.29, 1.82) is 0 Å². The molecule has 200 valence electrons. The third-order valence-electron chi connectivity index (χ3n) is 6.02. The number of ether oxygens (including phenoxy) is 1. The van der Waals surface area contributed by atoms with Crippen molar-refractivity contribution >= 4 is 63.6 Å². The van der Waals surface area contributed by atoms with E-state index in [1.807, 2.05) is 74.5 Å². The lowest BCUT2D eigenvalue weighted by atomic mass is 10.0. The van der Waals surface area contributed by atoms with Gasteiger partial charge in [-0.3, -0.25) is 9.59 Å². The number of amides is 2. The lowest BCUT2D eigenvalue weighted by molar-refractivity contribution is -0.123. The summed E-state index contributed by atoms with van der Waals surface area (Å²) in [4.78, 5) is 25.8. The van der Waals surface area contributed by atoms with Crippen LogP contribution in [0, 0.1) is 5.92 Å². The molecule has 2 N–H and O–H groups in total. The normalized spacial score (nSPS) is 12.1. The Morgan fingerprint density at radius 3 is 2.38 bits per heavy atom. The zero-order valence-corrected chi connectivity index (χ0v) is 23.5. The van der Waals surface area contributed by atoms with Crippen LogP contribution in [0.25, 0.3) is 10.8 Å². The summed E-state index contributed by atoms with van der Waals surface area (Å²) < 4.78 is 6.11. The van der Waals surface area contributed by atoms with Crippen LogP contribution < -0.4 is 15.5 Å². The topological polar surface area (TPSA) is 79.8 Å². The van der Waals surface area contributed by atoms with Crippen LogP contribution in [-0.4, -0.2) is 24.1 Å². The number of hydrogen-bond donors (Lipinski definition) is 2. The number of hydrazone groups is 1. The van der Waals surface area contributed by atoms with Crippen molar-refractivity contribution in [2.45, 2.75) is 26.5 Å². The smallest absolute Gasteiger partial charge is 0.262 e. The fourth-order valence-corrected chi connectivity index (χ4v) is 4.33. The SMILES string of the molecule is CC(C)C(NC(=O)c1ccc(Cl)c(Cl)c1)C(=O)N/N=C/c1c(OCc2ccc(Cl)cc2)ccc2ccccc12. The van der Waals surface area contributed by atoms with E-state index in [0.717, 1.165) is 16.3 Å². The molecule has 0 saturated carbocycles. The highest BCUT2D eigenvalue weighted by atomic mass is 35.5.